The molecule has 0 saturated heterocycles. The van der Waals surface area contributed by atoms with Crippen LogP contribution in [0.4, 0.5) is 25.8 Å². The zero-order chi connectivity index (χ0) is 15.4. The summed E-state index contributed by atoms with van der Waals surface area (Å²) < 4.78 is 28.8. The first-order valence-electron chi connectivity index (χ1n) is 5.71. The molecule has 0 bridgehead atoms. The minimum Gasteiger partial charge on any atom is -0.435 e. The van der Waals surface area contributed by atoms with Crippen molar-refractivity contribution in [2.45, 2.75) is 6.61 Å². The van der Waals surface area contributed by atoms with E-state index in [0.29, 0.717) is 14.9 Å². The van der Waals surface area contributed by atoms with Gasteiger partial charge in [0, 0.05) is 17.4 Å². The fourth-order valence-corrected chi connectivity index (χ4v) is 2.33. The lowest BCUT2D eigenvalue weighted by atomic mass is 10.2. The highest BCUT2D eigenvalue weighted by molar-refractivity contribution is 14.1. The molecule has 0 unspecified atom stereocenters. The zero-order valence-electron chi connectivity index (χ0n) is 10.4. The number of anilines is 2. The molecule has 5 nitrogen and oxygen atoms in total. The van der Waals surface area contributed by atoms with Crippen molar-refractivity contribution in [1.29, 1.82) is 0 Å². The van der Waals surface area contributed by atoms with Gasteiger partial charge in [-0.1, -0.05) is 0 Å². The number of nitrogens with zero attached hydrogens (tertiary/aromatic N) is 1. The van der Waals surface area contributed by atoms with E-state index in [1.807, 2.05) is 22.6 Å². The van der Waals surface area contributed by atoms with Gasteiger partial charge in [-0.15, -0.1) is 0 Å². The second kappa shape index (κ2) is 6.66. The molecule has 0 aliphatic carbocycles. The van der Waals surface area contributed by atoms with Gasteiger partial charge in [-0.05, 0) is 59.0 Å². The molecule has 0 aliphatic rings. The van der Waals surface area contributed by atoms with Gasteiger partial charge in [0.05, 0.1) is 8.49 Å². The SMILES string of the molecule is O=[N+]([O-])c1ccc(Nc2ccc(OC(F)F)cc2)cc1I. The molecule has 2 aromatic carbocycles. The van der Waals surface area contributed by atoms with Crippen LogP contribution in [0.1, 0.15) is 0 Å². The number of nitrogens with one attached hydrogen (secondary N) is 1. The summed E-state index contributed by atoms with van der Waals surface area (Å²) in [6.45, 7) is -2.86. The average Bonchev–Trinajstić information content (AvgIpc) is 2.40. The van der Waals surface area contributed by atoms with E-state index < -0.39 is 11.5 Å². The number of benzene rings is 2. The summed E-state index contributed by atoms with van der Waals surface area (Å²) in [4.78, 5) is 10.3. The molecule has 0 aliphatic heterocycles. The maximum Gasteiger partial charge on any atom is 0.387 e. The molecule has 2 rings (SSSR count). The fourth-order valence-electron chi connectivity index (χ4n) is 1.62. The number of alkyl halides is 2. The van der Waals surface area contributed by atoms with Crippen molar-refractivity contribution in [2.24, 2.45) is 0 Å². The highest BCUT2D eigenvalue weighted by Crippen LogP contribution is 2.27. The first-order valence-corrected chi connectivity index (χ1v) is 6.79. The van der Waals surface area contributed by atoms with Gasteiger partial charge in [-0.3, -0.25) is 10.1 Å². The van der Waals surface area contributed by atoms with Crippen LogP contribution >= 0.6 is 22.6 Å². The Morgan fingerprint density at radius 2 is 1.76 bits per heavy atom. The Bertz CT molecular complexity index is 650. The van der Waals surface area contributed by atoms with Gasteiger partial charge in [0.15, 0.2) is 0 Å². The lowest BCUT2D eigenvalue weighted by molar-refractivity contribution is -0.385. The predicted molar refractivity (Wildman–Crippen MR) is 82.2 cm³/mol. The molecule has 0 radical (unpaired) electrons. The standard InChI is InChI=1S/C13H9F2IN2O3/c14-13(15)21-10-4-1-8(2-5-10)17-9-3-6-12(18(19)20)11(16)7-9/h1-7,13,17H. The maximum atomic E-state index is 12.0. The van der Waals surface area contributed by atoms with Crippen molar-refractivity contribution < 1.29 is 18.4 Å². The van der Waals surface area contributed by atoms with Crippen molar-refractivity contribution in [1.82, 2.24) is 0 Å². The molecule has 0 aromatic heterocycles. The molecular formula is C13H9F2IN2O3. The first kappa shape index (κ1) is 15.4. The molecule has 2 aromatic rings. The van der Waals surface area contributed by atoms with Crippen molar-refractivity contribution in [2.75, 3.05) is 5.32 Å². The third-order valence-corrected chi connectivity index (χ3v) is 3.38. The third kappa shape index (κ3) is 4.25. The molecular weight excluding hydrogens is 397 g/mol. The number of halogens is 3. The Balaban J connectivity index is 2.11. The Morgan fingerprint density at radius 3 is 2.29 bits per heavy atom. The lowest BCUT2D eigenvalue weighted by Crippen LogP contribution is -2.01. The minimum atomic E-state index is -2.86. The maximum absolute atomic E-state index is 12.0. The quantitative estimate of drug-likeness (QED) is 0.450. The van der Waals surface area contributed by atoms with E-state index in [0.717, 1.165) is 0 Å². The van der Waals surface area contributed by atoms with Gasteiger partial charge in [-0.25, -0.2) is 0 Å². The second-order valence-electron chi connectivity index (χ2n) is 3.95. The monoisotopic (exact) mass is 406 g/mol. The van der Waals surface area contributed by atoms with E-state index in [1.54, 1.807) is 24.3 Å². The molecule has 0 heterocycles. The van der Waals surface area contributed by atoms with Gasteiger partial charge in [0.1, 0.15) is 5.75 Å². The van der Waals surface area contributed by atoms with Crippen LogP contribution in [0, 0.1) is 13.7 Å². The number of rotatable bonds is 5. The van der Waals surface area contributed by atoms with Crippen LogP contribution in [-0.4, -0.2) is 11.5 Å². The molecule has 0 amide bonds. The number of ether oxygens (including phenoxy) is 1. The molecule has 0 spiro atoms. The van der Waals surface area contributed by atoms with Gasteiger partial charge in [0.25, 0.3) is 5.69 Å². The average molecular weight is 406 g/mol. The number of nitro groups is 1. The van der Waals surface area contributed by atoms with Gasteiger partial charge < -0.3 is 10.1 Å². The summed E-state index contributed by atoms with van der Waals surface area (Å²) in [5.74, 6) is 0.0637. The largest absolute Gasteiger partial charge is 0.435 e. The van der Waals surface area contributed by atoms with E-state index in [4.69, 9.17) is 0 Å². The summed E-state index contributed by atoms with van der Waals surface area (Å²) in [7, 11) is 0. The van der Waals surface area contributed by atoms with Gasteiger partial charge >= 0.3 is 6.61 Å². The highest BCUT2D eigenvalue weighted by atomic mass is 127. The van der Waals surface area contributed by atoms with E-state index >= 15 is 0 Å². The number of hydrogen-bond donors (Lipinski definition) is 1. The molecule has 21 heavy (non-hydrogen) atoms. The second-order valence-corrected chi connectivity index (χ2v) is 5.11. The Hall–Kier alpha value is -1.97. The van der Waals surface area contributed by atoms with Crippen LogP contribution in [0.3, 0.4) is 0 Å². The summed E-state index contributed by atoms with van der Waals surface area (Å²) in [6.07, 6.45) is 0. The summed E-state index contributed by atoms with van der Waals surface area (Å²) in [6, 6.07) is 10.6. The summed E-state index contributed by atoms with van der Waals surface area (Å²) >= 11 is 1.88. The van der Waals surface area contributed by atoms with E-state index in [2.05, 4.69) is 10.1 Å². The molecule has 0 atom stereocenters. The topological polar surface area (TPSA) is 64.4 Å². The molecule has 1 N–H and O–H groups in total. The van der Waals surface area contributed by atoms with E-state index in [9.17, 15) is 18.9 Å². The van der Waals surface area contributed by atoms with Crippen molar-refractivity contribution in [3.63, 3.8) is 0 Å². The van der Waals surface area contributed by atoms with E-state index in [1.165, 1.54) is 18.2 Å². The Morgan fingerprint density at radius 1 is 1.14 bits per heavy atom. The van der Waals surface area contributed by atoms with Crippen LogP contribution in [0.2, 0.25) is 0 Å². The first-order chi connectivity index (χ1) is 9.95. The molecule has 8 heteroatoms. The highest BCUT2D eigenvalue weighted by Gasteiger charge is 2.11. The smallest absolute Gasteiger partial charge is 0.387 e. The summed E-state index contributed by atoms with van der Waals surface area (Å²) in [5, 5.41) is 13.7. The van der Waals surface area contributed by atoms with E-state index in [-0.39, 0.29) is 11.4 Å². The fraction of sp³-hybridized carbons (Fsp3) is 0.0769. The van der Waals surface area contributed by atoms with Crippen molar-refractivity contribution >= 4 is 39.7 Å². The molecule has 110 valence electrons. The zero-order valence-corrected chi connectivity index (χ0v) is 12.6. The third-order valence-electron chi connectivity index (χ3n) is 2.51. The van der Waals surface area contributed by atoms with Crippen LogP contribution in [0.5, 0.6) is 5.75 Å². The summed E-state index contributed by atoms with van der Waals surface area (Å²) in [5.41, 5.74) is 1.34. The van der Waals surface area contributed by atoms with Crippen LogP contribution in [0.15, 0.2) is 42.5 Å². The van der Waals surface area contributed by atoms with Gasteiger partial charge in [0.2, 0.25) is 0 Å². The van der Waals surface area contributed by atoms with Crippen LogP contribution < -0.4 is 10.1 Å². The number of nitro benzene ring substituents is 1. The molecule has 0 fully saturated rings. The molecule has 0 saturated carbocycles. The van der Waals surface area contributed by atoms with Crippen LogP contribution in [-0.2, 0) is 0 Å². The Labute approximate surface area is 132 Å². The van der Waals surface area contributed by atoms with Gasteiger partial charge in [-0.2, -0.15) is 8.78 Å². The number of hydrogen-bond acceptors (Lipinski definition) is 4. The predicted octanol–water partition coefficient (Wildman–Crippen LogP) is 4.54. The van der Waals surface area contributed by atoms with Crippen molar-refractivity contribution in [3.05, 3.63) is 56.1 Å². The van der Waals surface area contributed by atoms with Crippen LogP contribution in [0.25, 0.3) is 0 Å². The lowest BCUT2D eigenvalue weighted by Gasteiger charge is -2.09. The minimum absolute atomic E-state index is 0.0295. The Kier molecular flexibility index (Phi) is 4.89. The van der Waals surface area contributed by atoms with Crippen molar-refractivity contribution in [3.8, 4) is 5.75 Å². The normalized spacial score (nSPS) is 10.5.